The van der Waals surface area contributed by atoms with E-state index >= 15 is 0 Å². The maximum atomic E-state index is 13.0. The van der Waals surface area contributed by atoms with Crippen molar-refractivity contribution < 1.29 is 14.3 Å². The van der Waals surface area contributed by atoms with E-state index in [4.69, 9.17) is 0 Å². The summed E-state index contributed by atoms with van der Waals surface area (Å²) in [5.41, 5.74) is 0.672. The molecule has 1 heterocycles. The molecular formula is C18H17FN2O3. The minimum absolute atomic E-state index is 0.0838. The van der Waals surface area contributed by atoms with Gasteiger partial charge in [-0.2, -0.15) is 0 Å². The van der Waals surface area contributed by atoms with Crippen LogP contribution in [0.25, 0.3) is 5.69 Å². The molecule has 2 aromatic rings. The number of halogens is 1. The van der Waals surface area contributed by atoms with Gasteiger partial charge in [0.05, 0.1) is 11.7 Å². The van der Waals surface area contributed by atoms with Crippen molar-refractivity contribution in [3.63, 3.8) is 0 Å². The van der Waals surface area contributed by atoms with Crippen molar-refractivity contribution in [1.29, 1.82) is 0 Å². The Hall–Kier alpha value is -2.47. The predicted octanol–water partition coefficient (Wildman–Crippen LogP) is 1.62. The third-order valence-corrected chi connectivity index (χ3v) is 5.06. The Labute approximate surface area is 137 Å². The first kappa shape index (κ1) is 15.1. The van der Waals surface area contributed by atoms with Gasteiger partial charge in [0, 0.05) is 24.0 Å². The molecule has 1 unspecified atom stereocenters. The monoisotopic (exact) mass is 328 g/mol. The number of rotatable bonds is 3. The van der Waals surface area contributed by atoms with Crippen LogP contribution in [0.3, 0.4) is 0 Å². The fourth-order valence-electron chi connectivity index (χ4n) is 3.55. The van der Waals surface area contributed by atoms with Crippen LogP contribution in [-0.2, 0) is 0 Å². The topological polar surface area (TPSA) is 71.3 Å². The van der Waals surface area contributed by atoms with E-state index in [1.807, 2.05) is 0 Å². The number of pyridine rings is 1. The van der Waals surface area contributed by atoms with Crippen molar-refractivity contribution in [3.8, 4) is 5.69 Å². The van der Waals surface area contributed by atoms with Crippen LogP contribution in [0, 0.1) is 11.2 Å². The highest BCUT2D eigenvalue weighted by molar-refractivity contribution is 5.94. The van der Waals surface area contributed by atoms with Gasteiger partial charge in [-0.3, -0.25) is 14.2 Å². The van der Waals surface area contributed by atoms with Gasteiger partial charge >= 0.3 is 0 Å². The van der Waals surface area contributed by atoms with E-state index < -0.39 is 0 Å². The normalized spacial score (nSPS) is 27.6. The van der Waals surface area contributed by atoms with Crippen molar-refractivity contribution in [2.45, 2.75) is 31.4 Å². The third kappa shape index (κ3) is 2.53. The summed E-state index contributed by atoms with van der Waals surface area (Å²) < 4.78 is 14.4. The van der Waals surface area contributed by atoms with E-state index in [2.05, 4.69) is 5.32 Å². The molecule has 2 aliphatic rings. The van der Waals surface area contributed by atoms with Crippen LogP contribution in [0.4, 0.5) is 4.39 Å². The fourth-order valence-corrected chi connectivity index (χ4v) is 3.55. The lowest BCUT2D eigenvalue weighted by Gasteiger charge is -2.32. The first-order chi connectivity index (χ1) is 11.5. The second-order valence-electron chi connectivity index (χ2n) is 6.76. The van der Waals surface area contributed by atoms with Gasteiger partial charge < -0.3 is 10.4 Å². The van der Waals surface area contributed by atoms with E-state index in [1.165, 1.54) is 47.2 Å². The zero-order valence-electron chi connectivity index (χ0n) is 12.9. The predicted molar refractivity (Wildman–Crippen MR) is 85.5 cm³/mol. The average molecular weight is 328 g/mol. The molecule has 4 rings (SSSR count). The number of hydrogen-bond donors (Lipinski definition) is 2. The molecule has 2 saturated carbocycles. The average Bonchev–Trinajstić information content (AvgIpc) is 3.22. The minimum Gasteiger partial charge on any atom is -0.393 e. The number of aliphatic hydroxyl groups is 1. The van der Waals surface area contributed by atoms with E-state index in [0.29, 0.717) is 11.3 Å². The van der Waals surface area contributed by atoms with Crippen LogP contribution in [0.1, 0.15) is 29.6 Å². The molecule has 124 valence electrons. The number of nitrogens with zero attached hydrogens (tertiary/aromatic N) is 1. The summed E-state index contributed by atoms with van der Waals surface area (Å²) in [5.74, 6) is -0.628. The number of aliphatic hydroxyl groups excluding tert-OH is 1. The zero-order chi connectivity index (χ0) is 16.9. The van der Waals surface area contributed by atoms with Gasteiger partial charge in [-0.15, -0.1) is 0 Å². The molecule has 1 aromatic heterocycles. The SMILES string of the molecule is O=C(NC1CC12CC(O)C2)c1ccc(=O)n(-c2ccc(F)cc2)c1. The van der Waals surface area contributed by atoms with Crippen molar-refractivity contribution in [1.82, 2.24) is 9.88 Å². The smallest absolute Gasteiger partial charge is 0.255 e. The van der Waals surface area contributed by atoms with Gasteiger partial charge in [0.25, 0.3) is 11.5 Å². The molecule has 2 aliphatic carbocycles. The molecule has 6 heteroatoms. The number of amides is 1. The Morgan fingerprint density at radius 3 is 2.54 bits per heavy atom. The number of carbonyl (C=O) groups excluding carboxylic acids is 1. The van der Waals surface area contributed by atoms with E-state index in [-0.39, 0.29) is 34.8 Å². The number of aromatic nitrogens is 1. The van der Waals surface area contributed by atoms with E-state index in [9.17, 15) is 19.1 Å². The number of benzene rings is 1. The van der Waals surface area contributed by atoms with Crippen molar-refractivity contribution >= 4 is 5.91 Å². The molecule has 0 radical (unpaired) electrons. The van der Waals surface area contributed by atoms with Gasteiger partial charge in [-0.05, 0) is 55.0 Å². The van der Waals surface area contributed by atoms with Gasteiger partial charge in [0.15, 0.2) is 0 Å². The first-order valence-electron chi connectivity index (χ1n) is 7.94. The molecule has 0 bridgehead atoms. The number of hydrogen-bond acceptors (Lipinski definition) is 3. The lowest BCUT2D eigenvalue weighted by molar-refractivity contribution is 0.0235. The van der Waals surface area contributed by atoms with Crippen molar-refractivity contribution in [2.75, 3.05) is 0 Å². The minimum atomic E-state index is -0.387. The Kier molecular flexibility index (Phi) is 3.31. The summed E-state index contributed by atoms with van der Waals surface area (Å²) in [6.07, 6.45) is 3.61. The van der Waals surface area contributed by atoms with E-state index in [0.717, 1.165) is 19.3 Å². The molecule has 2 fully saturated rings. The van der Waals surface area contributed by atoms with Crippen molar-refractivity contribution in [3.05, 3.63) is 64.3 Å². The highest BCUT2D eigenvalue weighted by atomic mass is 19.1. The summed E-state index contributed by atoms with van der Waals surface area (Å²) in [6.45, 7) is 0. The molecule has 1 spiro atoms. The van der Waals surface area contributed by atoms with Gasteiger partial charge in [0.1, 0.15) is 5.82 Å². The highest BCUT2D eigenvalue weighted by Crippen LogP contribution is 2.60. The maximum absolute atomic E-state index is 13.0. The Morgan fingerprint density at radius 1 is 1.17 bits per heavy atom. The molecule has 0 aliphatic heterocycles. The quantitative estimate of drug-likeness (QED) is 0.899. The summed E-state index contributed by atoms with van der Waals surface area (Å²) >= 11 is 0. The number of carbonyl (C=O) groups is 1. The summed E-state index contributed by atoms with van der Waals surface area (Å²) in [4.78, 5) is 24.4. The second kappa shape index (κ2) is 5.27. The van der Waals surface area contributed by atoms with Crippen molar-refractivity contribution in [2.24, 2.45) is 5.41 Å². The second-order valence-corrected chi connectivity index (χ2v) is 6.76. The van der Waals surface area contributed by atoms with Crippen LogP contribution in [-0.4, -0.2) is 27.7 Å². The molecule has 1 aromatic carbocycles. The molecule has 0 saturated heterocycles. The van der Waals surface area contributed by atoms with Gasteiger partial charge in [0.2, 0.25) is 0 Å². The molecule has 24 heavy (non-hydrogen) atoms. The lowest BCUT2D eigenvalue weighted by Crippen LogP contribution is -2.38. The maximum Gasteiger partial charge on any atom is 0.255 e. The Bertz CT molecular complexity index is 853. The zero-order valence-corrected chi connectivity index (χ0v) is 12.9. The highest BCUT2D eigenvalue weighted by Gasteiger charge is 2.61. The summed E-state index contributed by atoms with van der Waals surface area (Å²) in [5, 5.41) is 12.4. The fraction of sp³-hybridized carbons (Fsp3) is 0.333. The van der Waals surface area contributed by atoms with Gasteiger partial charge in [-0.25, -0.2) is 4.39 Å². The van der Waals surface area contributed by atoms with E-state index in [1.54, 1.807) is 0 Å². The summed E-state index contributed by atoms with van der Waals surface area (Å²) in [7, 11) is 0. The molecule has 2 N–H and O–H groups in total. The summed E-state index contributed by atoms with van der Waals surface area (Å²) in [6, 6.07) is 8.43. The lowest BCUT2D eigenvalue weighted by atomic mass is 9.78. The standard InChI is InChI=1S/C18H17FN2O3/c19-12-2-4-13(5-3-12)21-10-11(1-6-16(21)23)17(24)20-15-9-18(15)7-14(22)8-18/h1-6,10,14-15,22H,7-9H2,(H,20,24). The van der Waals surface area contributed by atoms with Crippen LogP contribution < -0.4 is 10.9 Å². The molecule has 1 atom stereocenters. The third-order valence-electron chi connectivity index (χ3n) is 5.06. The number of nitrogens with one attached hydrogen (secondary N) is 1. The Balaban J connectivity index is 1.54. The van der Waals surface area contributed by atoms with Gasteiger partial charge in [-0.1, -0.05) is 0 Å². The molecular weight excluding hydrogens is 311 g/mol. The van der Waals surface area contributed by atoms with Crippen LogP contribution in [0.5, 0.6) is 0 Å². The molecule has 1 amide bonds. The first-order valence-corrected chi connectivity index (χ1v) is 7.94. The van der Waals surface area contributed by atoms with Crippen LogP contribution in [0.15, 0.2) is 47.4 Å². The largest absolute Gasteiger partial charge is 0.393 e. The molecule has 5 nitrogen and oxygen atoms in total. The Morgan fingerprint density at radius 2 is 1.88 bits per heavy atom. The van der Waals surface area contributed by atoms with Crippen LogP contribution in [0.2, 0.25) is 0 Å². The van der Waals surface area contributed by atoms with Crippen LogP contribution >= 0.6 is 0 Å².